The molecule has 5 heteroatoms. The van der Waals surface area contributed by atoms with Crippen LogP contribution in [0.3, 0.4) is 0 Å². The van der Waals surface area contributed by atoms with Gasteiger partial charge in [-0.1, -0.05) is 18.2 Å². The van der Waals surface area contributed by atoms with E-state index in [-0.39, 0.29) is 12.5 Å². The molecule has 0 aliphatic rings. The summed E-state index contributed by atoms with van der Waals surface area (Å²) in [5.41, 5.74) is 4.02. The Morgan fingerprint density at radius 1 is 1.04 bits per heavy atom. The molecular formula is C19H21NO4. The molecule has 1 N–H and O–H groups in total. The Morgan fingerprint density at radius 2 is 1.75 bits per heavy atom. The average Bonchev–Trinajstić information content (AvgIpc) is 2.57. The maximum absolute atomic E-state index is 12.1. The second-order valence-corrected chi connectivity index (χ2v) is 5.56. The van der Waals surface area contributed by atoms with E-state index in [0.29, 0.717) is 11.3 Å². The lowest BCUT2D eigenvalue weighted by atomic mass is 10.1. The summed E-state index contributed by atoms with van der Waals surface area (Å²) in [6.07, 6.45) is 0. The van der Waals surface area contributed by atoms with E-state index in [9.17, 15) is 9.59 Å². The summed E-state index contributed by atoms with van der Waals surface area (Å²) in [7, 11) is 1.31. The maximum Gasteiger partial charge on any atom is 0.337 e. The fourth-order valence-electron chi connectivity index (χ4n) is 2.32. The molecule has 0 aliphatic carbocycles. The minimum Gasteiger partial charge on any atom is -0.483 e. The van der Waals surface area contributed by atoms with Crippen LogP contribution in [0.5, 0.6) is 5.75 Å². The Morgan fingerprint density at radius 3 is 2.46 bits per heavy atom. The highest BCUT2D eigenvalue weighted by Gasteiger charge is 2.11. The monoisotopic (exact) mass is 327 g/mol. The van der Waals surface area contributed by atoms with Gasteiger partial charge in [0.15, 0.2) is 6.61 Å². The SMILES string of the molecule is COC(=O)c1cccc(NC(=O)COc2c(C)ccc(C)c2C)c1. The highest BCUT2D eigenvalue weighted by molar-refractivity contribution is 5.95. The topological polar surface area (TPSA) is 64.6 Å². The molecule has 5 nitrogen and oxygen atoms in total. The van der Waals surface area contributed by atoms with E-state index in [2.05, 4.69) is 10.1 Å². The van der Waals surface area contributed by atoms with Crippen molar-refractivity contribution in [2.24, 2.45) is 0 Å². The molecule has 0 fully saturated rings. The van der Waals surface area contributed by atoms with Crippen LogP contribution in [-0.4, -0.2) is 25.6 Å². The van der Waals surface area contributed by atoms with Gasteiger partial charge >= 0.3 is 5.97 Å². The molecule has 24 heavy (non-hydrogen) atoms. The van der Waals surface area contributed by atoms with E-state index in [4.69, 9.17) is 4.74 Å². The molecule has 1 amide bonds. The molecule has 0 heterocycles. The normalized spacial score (nSPS) is 10.2. The molecule has 126 valence electrons. The van der Waals surface area contributed by atoms with Gasteiger partial charge in [-0.2, -0.15) is 0 Å². The van der Waals surface area contributed by atoms with Crippen LogP contribution in [0.4, 0.5) is 5.69 Å². The van der Waals surface area contributed by atoms with Gasteiger partial charge in [-0.25, -0.2) is 4.79 Å². The van der Waals surface area contributed by atoms with Crippen LogP contribution in [0.15, 0.2) is 36.4 Å². The van der Waals surface area contributed by atoms with Crippen molar-refractivity contribution in [1.29, 1.82) is 0 Å². The van der Waals surface area contributed by atoms with Crippen LogP contribution in [0.1, 0.15) is 27.0 Å². The first-order valence-electron chi connectivity index (χ1n) is 7.60. The molecule has 0 aromatic heterocycles. The number of rotatable bonds is 5. The predicted octanol–water partition coefficient (Wildman–Crippen LogP) is 3.42. The van der Waals surface area contributed by atoms with E-state index >= 15 is 0 Å². The van der Waals surface area contributed by atoms with E-state index < -0.39 is 5.97 Å². The molecule has 0 saturated heterocycles. The molecule has 0 radical (unpaired) electrons. The lowest BCUT2D eigenvalue weighted by molar-refractivity contribution is -0.118. The predicted molar refractivity (Wildman–Crippen MR) is 92.6 cm³/mol. The van der Waals surface area contributed by atoms with E-state index in [0.717, 1.165) is 22.4 Å². The first-order chi connectivity index (χ1) is 11.4. The first kappa shape index (κ1) is 17.5. The molecule has 2 aromatic rings. The average molecular weight is 327 g/mol. The molecule has 0 atom stereocenters. The van der Waals surface area contributed by atoms with Gasteiger partial charge in [0.2, 0.25) is 0 Å². The summed E-state index contributed by atoms with van der Waals surface area (Å²) in [6, 6.07) is 10.6. The number of benzene rings is 2. The van der Waals surface area contributed by atoms with E-state index in [1.165, 1.54) is 7.11 Å². The van der Waals surface area contributed by atoms with Crippen LogP contribution < -0.4 is 10.1 Å². The van der Waals surface area contributed by atoms with Crippen molar-refractivity contribution >= 4 is 17.6 Å². The fourth-order valence-corrected chi connectivity index (χ4v) is 2.32. The quantitative estimate of drug-likeness (QED) is 0.855. The third-order valence-electron chi connectivity index (χ3n) is 3.79. The molecule has 0 bridgehead atoms. The number of aryl methyl sites for hydroxylation is 2. The zero-order valence-electron chi connectivity index (χ0n) is 14.3. The largest absolute Gasteiger partial charge is 0.483 e. The van der Waals surface area contributed by atoms with Gasteiger partial charge in [0.1, 0.15) is 5.75 Å². The Kier molecular flexibility index (Phi) is 5.58. The first-order valence-corrected chi connectivity index (χ1v) is 7.60. The Hall–Kier alpha value is -2.82. The van der Waals surface area contributed by atoms with Crippen molar-refractivity contribution in [3.05, 3.63) is 58.7 Å². The minimum absolute atomic E-state index is 0.104. The second kappa shape index (κ2) is 7.64. The van der Waals surface area contributed by atoms with Gasteiger partial charge in [0.25, 0.3) is 5.91 Å². The highest BCUT2D eigenvalue weighted by Crippen LogP contribution is 2.25. The molecule has 2 aromatic carbocycles. The smallest absolute Gasteiger partial charge is 0.337 e. The molecule has 0 spiro atoms. The van der Waals surface area contributed by atoms with Crippen molar-refractivity contribution in [2.45, 2.75) is 20.8 Å². The zero-order valence-corrected chi connectivity index (χ0v) is 14.3. The van der Waals surface area contributed by atoms with Crippen molar-refractivity contribution in [2.75, 3.05) is 19.0 Å². The second-order valence-electron chi connectivity index (χ2n) is 5.56. The number of nitrogens with one attached hydrogen (secondary N) is 1. The molecule has 0 aliphatic heterocycles. The summed E-state index contributed by atoms with van der Waals surface area (Å²) in [5.74, 6) is -0.0147. The minimum atomic E-state index is -0.451. The number of ether oxygens (including phenoxy) is 2. The zero-order chi connectivity index (χ0) is 17.7. The Bertz CT molecular complexity index is 768. The number of methoxy groups -OCH3 is 1. The highest BCUT2D eigenvalue weighted by atomic mass is 16.5. The van der Waals surface area contributed by atoms with Gasteiger partial charge in [0.05, 0.1) is 12.7 Å². The van der Waals surface area contributed by atoms with Gasteiger partial charge in [0, 0.05) is 5.69 Å². The number of carbonyl (C=O) groups is 2. The number of anilines is 1. The number of amides is 1. The standard InChI is InChI=1S/C19H21NO4/c1-12-8-9-13(2)18(14(12)3)24-11-17(21)20-16-7-5-6-15(10-16)19(22)23-4/h5-10H,11H2,1-4H3,(H,20,21). The molecule has 0 unspecified atom stereocenters. The van der Waals surface area contributed by atoms with Crippen LogP contribution in [-0.2, 0) is 9.53 Å². The number of hydrogen-bond donors (Lipinski definition) is 1. The van der Waals surface area contributed by atoms with Gasteiger partial charge in [-0.3, -0.25) is 4.79 Å². The van der Waals surface area contributed by atoms with Crippen LogP contribution in [0, 0.1) is 20.8 Å². The third-order valence-corrected chi connectivity index (χ3v) is 3.79. The van der Waals surface area contributed by atoms with Gasteiger partial charge in [-0.05, 0) is 55.7 Å². The number of carbonyl (C=O) groups excluding carboxylic acids is 2. The molecular weight excluding hydrogens is 306 g/mol. The van der Waals surface area contributed by atoms with Crippen LogP contribution in [0.2, 0.25) is 0 Å². The molecule has 2 rings (SSSR count). The molecule has 0 saturated carbocycles. The van der Waals surface area contributed by atoms with Crippen LogP contribution in [0.25, 0.3) is 0 Å². The summed E-state index contributed by atoms with van der Waals surface area (Å²) in [4.78, 5) is 23.6. The van der Waals surface area contributed by atoms with Crippen molar-refractivity contribution in [3.8, 4) is 5.75 Å². The number of esters is 1. The summed E-state index contributed by atoms with van der Waals surface area (Å²) in [5, 5.41) is 2.71. The summed E-state index contributed by atoms with van der Waals surface area (Å²) < 4.78 is 10.3. The van der Waals surface area contributed by atoms with Crippen LogP contribution >= 0.6 is 0 Å². The van der Waals surface area contributed by atoms with Crippen molar-refractivity contribution in [1.82, 2.24) is 0 Å². The van der Waals surface area contributed by atoms with E-state index in [1.54, 1.807) is 24.3 Å². The van der Waals surface area contributed by atoms with Crippen molar-refractivity contribution < 1.29 is 19.1 Å². The van der Waals surface area contributed by atoms with Crippen molar-refractivity contribution in [3.63, 3.8) is 0 Å². The lowest BCUT2D eigenvalue weighted by Crippen LogP contribution is -2.21. The van der Waals surface area contributed by atoms with E-state index in [1.807, 2.05) is 32.9 Å². The summed E-state index contributed by atoms with van der Waals surface area (Å²) >= 11 is 0. The Labute approximate surface area is 141 Å². The van der Waals surface area contributed by atoms with Gasteiger partial charge in [-0.15, -0.1) is 0 Å². The van der Waals surface area contributed by atoms with Gasteiger partial charge < -0.3 is 14.8 Å². The number of hydrogen-bond acceptors (Lipinski definition) is 4. The lowest BCUT2D eigenvalue weighted by Gasteiger charge is -2.14. The Balaban J connectivity index is 2.02. The summed E-state index contributed by atoms with van der Waals surface area (Å²) in [6.45, 7) is 5.81. The fraction of sp³-hybridized carbons (Fsp3) is 0.263. The third kappa shape index (κ3) is 4.13. The maximum atomic E-state index is 12.1.